The fourth-order valence-corrected chi connectivity index (χ4v) is 3.55. The van der Waals surface area contributed by atoms with Crippen LogP contribution in [0, 0.1) is 5.92 Å². The fourth-order valence-electron chi connectivity index (χ4n) is 3.38. The lowest BCUT2D eigenvalue weighted by atomic mass is 9.81. The van der Waals surface area contributed by atoms with E-state index in [0.717, 1.165) is 0 Å². The summed E-state index contributed by atoms with van der Waals surface area (Å²) in [5, 5.41) is 0.244. The summed E-state index contributed by atoms with van der Waals surface area (Å²) in [5.41, 5.74) is -0.488. The van der Waals surface area contributed by atoms with Crippen molar-refractivity contribution >= 4 is 17.4 Å². The molecule has 1 fully saturated rings. The summed E-state index contributed by atoms with van der Waals surface area (Å²) in [5.74, 6) is -2.33. The smallest absolute Gasteiger partial charge is 0.449 e. The fraction of sp³-hybridized carbons (Fsp3) is 0.438. The van der Waals surface area contributed by atoms with Gasteiger partial charge in [0.2, 0.25) is 12.0 Å². The molecule has 1 aromatic carbocycles. The average Bonchev–Trinajstić information content (AvgIpc) is 2.54. The van der Waals surface area contributed by atoms with Crippen LogP contribution in [0.5, 0.6) is 5.75 Å². The zero-order chi connectivity index (χ0) is 17.1. The molecule has 0 bridgehead atoms. The zero-order valence-electron chi connectivity index (χ0n) is 12.2. The topological polar surface area (TPSA) is 44.8 Å². The second kappa shape index (κ2) is 5.39. The number of halogens is 4. The van der Waals surface area contributed by atoms with Gasteiger partial charge < -0.3 is 14.2 Å². The number of ether oxygens (including phenoxy) is 3. The molecule has 3 aliphatic heterocycles. The number of carbonyl (C=O) groups is 1. The van der Waals surface area contributed by atoms with Crippen LogP contribution < -0.4 is 4.74 Å². The van der Waals surface area contributed by atoms with E-state index in [1.165, 1.54) is 18.2 Å². The number of alkyl halides is 3. The predicted octanol–water partition coefficient (Wildman–Crippen LogP) is 3.88. The molecule has 128 valence electrons. The van der Waals surface area contributed by atoms with Gasteiger partial charge in [0, 0.05) is 5.02 Å². The number of rotatable bonds is 0. The summed E-state index contributed by atoms with van der Waals surface area (Å²) in [7, 11) is 0. The van der Waals surface area contributed by atoms with Crippen molar-refractivity contribution in [3.63, 3.8) is 0 Å². The predicted molar refractivity (Wildman–Crippen MR) is 76.8 cm³/mol. The van der Waals surface area contributed by atoms with Gasteiger partial charge >= 0.3 is 6.18 Å². The van der Waals surface area contributed by atoms with Gasteiger partial charge in [-0.15, -0.1) is 0 Å². The number of hydrogen-bond donors (Lipinski definition) is 0. The van der Waals surface area contributed by atoms with Crippen LogP contribution in [-0.4, -0.2) is 31.0 Å². The summed E-state index contributed by atoms with van der Waals surface area (Å²) < 4.78 is 56.4. The highest BCUT2D eigenvalue weighted by Crippen LogP contribution is 2.47. The lowest BCUT2D eigenvalue weighted by Gasteiger charge is -2.44. The molecule has 4 nitrogen and oxygen atoms in total. The summed E-state index contributed by atoms with van der Waals surface area (Å²) in [4.78, 5) is 12.7. The van der Waals surface area contributed by atoms with Crippen molar-refractivity contribution in [3.8, 4) is 5.75 Å². The number of benzene rings is 1. The van der Waals surface area contributed by atoms with Crippen molar-refractivity contribution in [1.29, 1.82) is 0 Å². The Morgan fingerprint density at radius 3 is 2.75 bits per heavy atom. The minimum absolute atomic E-state index is 0.00859. The molecule has 3 heterocycles. The van der Waals surface area contributed by atoms with Crippen LogP contribution in [0.4, 0.5) is 13.2 Å². The number of allylic oxidation sites excluding steroid dienone is 1. The van der Waals surface area contributed by atoms with Gasteiger partial charge in [-0.25, -0.2) is 0 Å². The van der Waals surface area contributed by atoms with Crippen LogP contribution in [0.1, 0.15) is 23.2 Å². The first-order chi connectivity index (χ1) is 11.4. The van der Waals surface area contributed by atoms with Crippen molar-refractivity contribution in [2.45, 2.75) is 31.4 Å². The second-order valence-electron chi connectivity index (χ2n) is 5.91. The van der Waals surface area contributed by atoms with E-state index < -0.39 is 41.6 Å². The molecule has 0 spiro atoms. The maximum Gasteiger partial charge on any atom is 0.449 e. The molecule has 0 aromatic heterocycles. The van der Waals surface area contributed by atoms with Crippen molar-refractivity contribution in [2.75, 3.05) is 6.61 Å². The van der Waals surface area contributed by atoms with Gasteiger partial charge in [0.25, 0.3) is 0 Å². The Morgan fingerprint density at radius 1 is 1.21 bits per heavy atom. The van der Waals surface area contributed by atoms with Crippen LogP contribution >= 0.6 is 11.6 Å². The lowest BCUT2D eigenvalue weighted by Crippen LogP contribution is -2.51. The van der Waals surface area contributed by atoms with E-state index in [2.05, 4.69) is 0 Å². The largest absolute Gasteiger partial charge is 0.484 e. The Morgan fingerprint density at radius 2 is 2.00 bits per heavy atom. The van der Waals surface area contributed by atoms with Gasteiger partial charge in [0.05, 0.1) is 23.7 Å². The molecule has 0 unspecified atom stereocenters. The highest BCUT2D eigenvalue weighted by Gasteiger charge is 2.54. The molecule has 8 heteroatoms. The molecule has 0 amide bonds. The molecule has 3 aliphatic rings. The van der Waals surface area contributed by atoms with E-state index in [0.29, 0.717) is 19.4 Å². The van der Waals surface area contributed by atoms with Crippen molar-refractivity contribution in [3.05, 3.63) is 40.1 Å². The van der Waals surface area contributed by atoms with Gasteiger partial charge in [-0.05, 0) is 31.0 Å². The maximum atomic E-state index is 13.4. The maximum absolute atomic E-state index is 13.4. The van der Waals surface area contributed by atoms with Crippen LogP contribution in [0.25, 0.3) is 0 Å². The van der Waals surface area contributed by atoms with Crippen molar-refractivity contribution in [1.82, 2.24) is 0 Å². The monoisotopic (exact) mass is 360 g/mol. The van der Waals surface area contributed by atoms with E-state index >= 15 is 0 Å². The third-order valence-corrected chi connectivity index (χ3v) is 4.64. The van der Waals surface area contributed by atoms with E-state index in [9.17, 15) is 18.0 Å². The van der Waals surface area contributed by atoms with Gasteiger partial charge in [-0.2, -0.15) is 13.2 Å². The average molecular weight is 361 g/mol. The van der Waals surface area contributed by atoms with Gasteiger partial charge in [0.15, 0.2) is 5.78 Å². The SMILES string of the molecule is O=C1C2=C(C(F)(F)F)O[C@H]3OCCC[C@H]3[C@H]2Oc2ccc(Cl)cc21. The molecule has 0 N–H and O–H groups in total. The lowest BCUT2D eigenvalue weighted by molar-refractivity contribution is -0.236. The number of hydrogen-bond acceptors (Lipinski definition) is 4. The summed E-state index contributed by atoms with van der Waals surface area (Å²) >= 11 is 5.86. The second-order valence-corrected chi connectivity index (χ2v) is 6.35. The number of ketones is 1. The minimum Gasteiger partial charge on any atom is -0.484 e. The van der Waals surface area contributed by atoms with Gasteiger partial charge in [0.1, 0.15) is 11.9 Å². The first kappa shape index (κ1) is 15.8. The first-order valence-electron chi connectivity index (χ1n) is 7.47. The molecule has 0 saturated carbocycles. The number of fused-ring (bicyclic) bond motifs is 4. The zero-order valence-corrected chi connectivity index (χ0v) is 13.0. The quantitative estimate of drug-likeness (QED) is 0.704. The Balaban J connectivity index is 1.89. The Kier molecular flexibility index (Phi) is 3.54. The molecular formula is C16H12ClF3O4. The highest BCUT2D eigenvalue weighted by atomic mass is 35.5. The normalized spacial score (nSPS) is 29.2. The molecule has 3 atom stereocenters. The Labute approximate surface area is 140 Å². The van der Waals surface area contributed by atoms with E-state index in [1.807, 2.05) is 0 Å². The summed E-state index contributed by atoms with van der Waals surface area (Å²) in [6, 6.07) is 4.33. The molecule has 0 radical (unpaired) electrons. The van der Waals surface area contributed by atoms with Crippen LogP contribution in [0.15, 0.2) is 29.5 Å². The third-order valence-electron chi connectivity index (χ3n) is 4.41. The highest BCUT2D eigenvalue weighted by molar-refractivity contribution is 6.31. The molecule has 0 aliphatic carbocycles. The van der Waals surface area contributed by atoms with E-state index in [-0.39, 0.29) is 16.3 Å². The molecule has 1 aromatic rings. The molecule has 24 heavy (non-hydrogen) atoms. The van der Waals surface area contributed by atoms with Gasteiger partial charge in [-0.3, -0.25) is 4.79 Å². The van der Waals surface area contributed by atoms with Crippen LogP contribution in [0.3, 0.4) is 0 Å². The first-order valence-corrected chi connectivity index (χ1v) is 7.84. The van der Waals surface area contributed by atoms with Crippen LogP contribution in [-0.2, 0) is 9.47 Å². The molecule has 4 rings (SSSR count). The number of Topliss-reactive ketones (excluding diaryl/α,β-unsaturated/α-hetero) is 1. The third kappa shape index (κ3) is 2.38. The summed E-state index contributed by atoms with van der Waals surface area (Å²) in [6.45, 7) is 0.314. The van der Waals surface area contributed by atoms with E-state index in [4.69, 9.17) is 25.8 Å². The molecular weight excluding hydrogens is 349 g/mol. The van der Waals surface area contributed by atoms with Crippen LogP contribution in [0.2, 0.25) is 5.02 Å². The molecule has 1 saturated heterocycles. The minimum atomic E-state index is -4.81. The Bertz CT molecular complexity index is 743. The Hall–Kier alpha value is -1.73. The standard InChI is InChI=1S/C16H12ClF3O4/c17-7-3-4-10-9(6-7)12(21)11-13(23-10)8-2-1-5-22-15(8)24-14(11)16(18,19)20/h3-4,6,8,13,15H,1-2,5H2/t8-,13+,15+/m0/s1. The summed E-state index contributed by atoms with van der Waals surface area (Å²) in [6.07, 6.45) is -5.69. The number of carbonyl (C=O) groups excluding carboxylic acids is 1. The van der Waals surface area contributed by atoms with Gasteiger partial charge in [-0.1, -0.05) is 11.6 Å². The van der Waals surface area contributed by atoms with Crippen molar-refractivity contribution in [2.24, 2.45) is 5.92 Å². The van der Waals surface area contributed by atoms with Crippen molar-refractivity contribution < 1.29 is 32.2 Å². The van der Waals surface area contributed by atoms with E-state index in [1.54, 1.807) is 0 Å².